The number of benzene rings is 1. The van der Waals surface area contributed by atoms with Crippen molar-refractivity contribution in [3.63, 3.8) is 0 Å². The first kappa shape index (κ1) is 18.8. The number of phenols is 2. The third-order valence-corrected chi connectivity index (χ3v) is 4.01. The highest BCUT2D eigenvalue weighted by molar-refractivity contribution is 5.98. The Balaban J connectivity index is 2.40. The Morgan fingerprint density at radius 1 is 1.12 bits per heavy atom. The summed E-state index contributed by atoms with van der Waals surface area (Å²) in [6.45, 7) is 2.01. The second-order valence-corrected chi connectivity index (χ2v) is 6.14. The van der Waals surface area contributed by atoms with Crippen molar-refractivity contribution in [1.82, 2.24) is 0 Å². The van der Waals surface area contributed by atoms with Gasteiger partial charge in [-0.1, -0.05) is 31.6 Å². The number of carbonyl (C=O) groups is 2. The Labute approximate surface area is 147 Å². The summed E-state index contributed by atoms with van der Waals surface area (Å²) in [5.41, 5.74) is 0.210. The number of fused-ring (bicyclic) bond motifs is 1. The molecule has 0 amide bonds. The lowest BCUT2D eigenvalue weighted by molar-refractivity contribution is -0.114. The number of allylic oxidation sites excluding steroid dienone is 3. The van der Waals surface area contributed by atoms with Gasteiger partial charge in [0.05, 0.1) is 0 Å². The van der Waals surface area contributed by atoms with Crippen LogP contribution in [0.4, 0.5) is 0 Å². The van der Waals surface area contributed by atoms with Gasteiger partial charge in [-0.3, -0.25) is 4.79 Å². The van der Waals surface area contributed by atoms with Crippen LogP contribution in [-0.4, -0.2) is 28.1 Å². The second kappa shape index (κ2) is 9.06. The number of hydrogen-bond donors (Lipinski definition) is 2. The van der Waals surface area contributed by atoms with Crippen molar-refractivity contribution in [2.45, 2.75) is 51.6 Å². The molecule has 0 radical (unpaired) electrons. The summed E-state index contributed by atoms with van der Waals surface area (Å²) in [6, 6.07) is 2.40. The molecule has 0 saturated heterocycles. The van der Waals surface area contributed by atoms with Crippen LogP contribution in [0.25, 0.3) is 0 Å². The molecule has 1 aliphatic rings. The third-order valence-electron chi connectivity index (χ3n) is 4.01. The number of ketones is 1. The van der Waals surface area contributed by atoms with Crippen molar-refractivity contribution in [1.29, 1.82) is 0 Å². The Bertz CT molecular complexity index is 688. The van der Waals surface area contributed by atoms with E-state index in [4.69, 9.17) is 4.74 Å². The van der Waals surface area contributed by atoms with Gasteiger partial charge in [0.2, 0.25) is 0 Å². The normalized spacial score (nSPS) is 19.2. The fourth-order valence-corrected chi connectivity index (χ4v) is 2.82. The van der Waals surface area contributed by atoms with Gasteiger partial charge in [-0.25, -0.2) is 4.79 Å². The van der Waals surface area contributed by atoms with Crippen molar-refractivity contribution in [2.24, 2.45) is 0 Å². The first-order chi connectivity index (χ1) is 12.0. The summed E-state index contributed by atoms with van der Waals surface area (Å²) in [5, 5.41) is 19.8. The maximum Gasteiger partial charge on any atom is 0.342 e. The van der Waals surface area contributed by atoms with Crippen LogP contribution in [0.2, 0.25) is 0 Å². The molecule has 1 atom stereocenters. The first-order valence-electron chi connectivity index (χ1n) is 8.61. The van der Waals surface area contributed by atoms with Gasteiger partial charge in [-0.05, 0) is 37.0 Å². The number of esters is 1. The minimum absolute atomic E-state index is 0.0540. The summed E-state index contributed by atoms with van der Waals surface area (Å²) < 4.78 is 5.56. The molecule has 134 valence electrons. The standard InChI is InChI=1S/C20H24O5/c1-2-8-17-10-7-5-3-4-6-9-15(21)11-14-12-16(22)13-18(23)19(14)20(24)25-17/h5-7,9,12-13,17,22-23H,2-4,8,10-11H2,1H3/t17-/m1/s1. The van der Waals surface area contributed by atoms with Crippen molar-refractivity contribution < 1.29 is 24.5 Å². The molecule has 25 heavy (non-hydrogen) atoms. The maximum atomic E-state index is 12.6. The number of phenolic OH excluding ortho intramolecular Hbond substituents is 2. The van der Waals surface area contributed by atoms with Crippen LogP contribution in [0.5, 0.6) is 11.5 Å². The number of cyclic esters (lactones) is 1. The molecule has 0 saturated carbocycles. The van der Waals surface area contributed by atoms with Gasteiger partial charge in [-0.2, -0.15) is 0 Å². The van der Waals surface area contributed by atoms with E-state index < -0.39 is 5.97 Å². The molecule has 1 aliphatic heterocycles. The highest BCUT2D eigenvalue weighted by atomic mass is 16.5. The van der Waals surface area contributed by atoms with Crippen LogP contribution in [0.1, 0.15) is 54.9 Å². The predicted octanol–water partition coefficient (Wildman–Crippen LogP) is 3.83. The zero-order valence-corrected chi connectivity index (χ0v) is 14.4. The molecule has 0 fully saturated rings. The van der Waals surface area contributed by atoms with Gasteiger partial charge in [0.15, 0.2) is 5.78 Å². The molecule has 5 nitrogen and oxygen atoms in total. The number of rotatable bonds is 2. The van der Waals surface area contributed by atoms with Gasteiger partial charge >= 0.3 is 5.97 Å². The largest absolute Gasteiger partial charge is 0.508 e. The van der Waals surface area contributed by atoms with Crippen LogP contribution in [0.3, 0.4) is 0 Å². The lowest BCUT2D eigenvalue weighted by atomic mass is 10.00. The van der Waals surface area contributed by atoms with Crippen LogP contribution in [0.15, 0.2) is 36.4 Å². The van der Waals surface area contributed by atoms with E-state index in [0.29, 0.717) is 12.8 Å². The van der Waals surface area contributed by atoms with Crippen molar-refractivity contribution in [2.75, 3.05) is 0 Å². The van der Waals surface area contributed by atoms with E-state index in [0.717, 1.165) is 25.3 Å². The minimum atomic E-state index is -0.673. The summed E-state index contributed by atoms with van der Waals surface area (Å²) in [7, 11) is 0. The summed E-state index contributed by atoms with van der Waals surface area (Å²) in [5.74, 6) is -1.46. The summed E-state index contributed by atoms with van der Waals surface area (Å²) in [6.07, 6.45) is 10.6. The van der Waals surface area contributed by atoms with Gasteiger partial charge in [0, 0.05) is 18.9 Å². The minimum Gasteiger partial charge on any atom is -0.508 e. The molecule has 0 bridgehead atoms. The molecule has 2 N–H and O–H groups in total. The Hall–Kier alpha value is -2.56. The highest BCUT2D eigenvalue weighted by Gasteiger charge is 2.23. The van der Waals surface area contributed by atoms with E-state index in [1.165, 1.54) is 12.1 Å². The fourth-order valence-electron chi connectivity index (χ4n) is 2.82. The van der Waals surface area contributed by atoms with Crippen molar-refractivity contribution in [3.8, 4) is 11.5 Å². The van der Waals surface area contributed by atoms with E-state index in [9.17, 15) is 19.8 Å². The molecule has 0 aliphatic carbocycles. The van der Waals surface area contributed by atoms with E-state index in [1.807, 2.05) is 19.1 Å². The van der Waals surface area contributed by atoms with E-state index in [1.54, 1.807) is 6.08 Å². The summed E-state index contributed by atoms with van der Waals surface area (Å²) in [4.78, 5) is 24.7. The average molecular weight is 344 g/mol. The first-order valence-corrected chi connectivity index (χ1v) is 8.61. The molecular weight excluding hydrogens is 320 g/mol. The Kier molecular flexibility index (Phi) is 6.81. The molecule has 1 aromatic carbocycles. The fraction of sp³-hybridized carbons (Fsp3) is 0.400. The van der Waals surface area contributed by atoms with E-state index in [2.05, 4.69) is 0 Å². The van der Waals surface area contributed by atoms with Crippen LogP contribution < -0.4 is 0 Å². The maximum absolute atomic E-state index is 12.6. The Morgan fingerprint density at radius 2 is 1.88 bits per heavy atom. The third kappa shape index (κ3) is 5.48. The molecule has 5 heteroatoms. The second-order valence-electron chi connectivity index (χ2n) is 6.14. The quantitative estimate of drug-likeness (QED) is 0.629. The molecule has 0 unspecified atom stereocenters. The molecule has 2 rings (SSSR count). The van der Waals surface area contributed by atoms with Gasteiger partial charge in [0.1, 0.15) is 23.2 Å². The topological polar surface area (TPSA) is 83.8 Å². The predicted molar refractivity (Wildman–Crippen MR) is 94.7 cm³/mol. The van der Waals surface area contributed by atoms with Crippen molar-refractivity contribution in [3.05, 3.63) is 47.6 Å². The average Bonchev–Trinajstić information content (AvgIpc) is 2.52. The number of aromatic hydroxyl groups is 2. The smallest absolute Gasteiger partial charge is 0.342 e. The van der Waals surface area contributed by atoms with E-state index >= 15 is 0 Å². The molecule has 0 aromatic heterocycles. The molecule has 1 heterocycles. The lowest BCUT2D eigenvalue weighted by Gasteiger charge is -2.18. The highest BCUT2D eigenvalue weighted by Crippen LogP contribution is 2.29. The van der Waals surface area contributed by atoms with Crippen LogP contribution >= 0.6 is 0 Å². The zero-order chi connectivity index (χ0) is 18.2. The van der Waals surface area contributed by atoms with Gasteiger partial charge in [-0.15, -0.1) is 0 Å². The SMILES string of the molecule is CCC[C@@H]1CC=CCCC=CC(=O)Cc2cc(O)cc(O)c2C(=O)O1. The lowest BCUT2D eigenvalue weighted by Crippen LogP contribution is -2.19. The van der Waals surface area contributed by atoms with Crippen LogP contribution in [0, 0.1) is 0 Å². The number of carbonyl (C=O) groups excluding carboxylic acids is 2. The number of ether oxygens (including phenoxy) is 1. The molecule has 1 aromatic rings. The summed E-state index contributed by atoms with van der Waals surface area (Å²) >= 11 is 0. The number of hydrogen-bond acceptors (Lipinski definition) is 5. The van der Waals surface area contributed by atoms with E-state index in [-0.39, 0.29) is 40.9 Å². The molecular formula is C20H24O5. The molecule has 0 spiro atoms. The monoisotopic (exact) mass is 344 g/mol. The van der Waals surface area contributed by atoms with Gasteiger partial charge < -0.3 is 14.9 Å². The van der Waals surface area contributed by atoms with Crippen LogP contribution in [-0.2, 0) is 16.0 Å². The Morgan fingerprint density at radius 3 is 2.64 bits per heavy atom. The van der Waals surface area contributed by atoms with Gasteiger partial charge in [0.25, 0.3) is 0 Å². The van der Waals surface area contributed by atoms with Crippen molar-refractivity contribution >= 4 is 11.8 Å². The zero-order valence-electron chi connectivity index (χ0n) is 14.4.